The molecule has 0 fully saturated rings. The zero-order chi connectivity index (χ0) is 10.7. The van der Waals surface area contributed by atoms with E-state index in [1.807, 2.05) is 13.0 Å². The second-order valence-corrected chi connectivity index (χ2v) is 3.93. The number of rotatable bonds is 3. The molecule has 0 unspecified atom stereocenters. The van der Waals surface area contributed by atoms with Gasteiger partial charge in [-0.1, -0.05) is 19.1 Å². The third-order valence-corrected chi connectivity index (χ3v) is 2.61. The first kappa shape index (κ1) is 10.1. The molecular formula is C12H17N3. The molecule has 0 saturated carbocycles. The normalized spacial score (nSPS) is 15.9. The van der Waals surface area contributed by atoms with Crippen LogP contribution < -0.4 is 5.32 Å². The first-order valence-electron chi connectivity index (χ1n) is 5.54. The van der Waals surface area contributed by atoms with Gasteiger partial charge in [0.2, 0.25) is 0 Å². The first-order chi connectivity index (χ1) is 7.28. The van der Waals surface area contributed by atoms with Crippen molar-refractivity contribution < 1.29 is 0 Å². The summed E-state index contributed by atoms with van der Waals surface area (Å²) in [6.07, 6.45) is 7.59. The largest absolute Gasteiger partial charge is 0.367 e. The van der Waals surface area contributed by atoms with Crippen LogP contribution in [0.25, 0.3) is 0 Å². The smallest absolute Gasteiger partial charge is 0.130 e. The van der Waals surface area contributed by atoms with Crippen LogP contribution in [0.15, 0.2) is 18.2 Å². The summed E-state index contributed by atoms with van der Waals surface area (Å²) in [6, 6.07) is 2.56. The van der Waals surface area contributed by atoms with Gasteiger partial charge in [0, 0.05) is 17.8 Å². The monoisotopic (exact) mass is 203 g/mol. The average molecular weight is 203 g/mol. The van der Waals surface area contributed by atoms with E-state index in [2.05, 4.69) is 34.4 Å². The van der Waals surface area contributed by atoms with Crippen molar-refractivity contribution >= 4 is 5.82 Å². The lowest BCUT2D eigenvalue weighted by molar-refractivity contribution is 0.776. The summed E-state index contributed by atoms with van der Waals surface area (Å²) in [5, 5.41) is 3.44. The van der Waals surface area contributed by atoms with E-state index in [-0.39, 0.29) is 0 Å². The third-order valence-electron chi connectivity index (χ3n) is 2.61. The summed E-state index contributed by atoms with van der Waals surface area (Å²) in [5.41, 5.74) is 1.11. The SMILES string of the molecule is CCc1cc(NC2CC=CC2)nc(C)n1. The van der Waals surface area contributed by atoms with Gasteiger partial charge in [-0.2, -0.15) is 0 Å². The van der Waals surface area contributed by atoms with Crippen molar-refractivity contribution in [1.82, 2.24) is 9.97 Å². The molecule has 2 rings (SSSR count). The topological polar surface area (TPSA) is 37.8 Å². The van der Waals surface area contributed by atoms with Crippen LogP contribution in [0.1, 0.15) is 31.3 Å². The Morgan fingerprint density at radius 3 is 2.73 bits per heavy atom. The Balaban J connectivity index is 2.09. The Hall–Kier alpha value is -1.38. The number of nitrogens with one attached hydrogen (secondary N) is 1. The number of hydrogen-bond donors (Lipinski definition) is 1. The van der Waals surface area contributed by atoms with Crippen LogP contribution in [0.3, 0.4) is 0 Å². The molecule has 0 aliphatic heterocycles. The fourth-order valence-corrected chi connectivity index (χ4v) is 1.83. The highest BCUT2D eigenvalue weighted by Crippen LogP contribution is 2.16. The first-order valence-corrected chi connectivity index (χ1v) is 5.54. The zero-order valence-corrected chi connectivity index (χ0v) is 9.33. The molecule has 1 heterocycles. The molecule has 0 saturated heterocycles. The van der Waals surface area contributed by atoms with Crippen LogP contribution >= 0.6 is 0 Å². The van der Waals surface area contributed by atoms with Crippen LogP contribution in [0, 0.1) is 6.92 Å². The van der Waals surface area contributed by atoms with Crippen molar-refractivity contribution in [3.63, 3.8) is 0 Å². The minimum absolute atomic E-state index is 0.518. The predicted octanol–water partition coefficient (Wildman–Crippen LogP) is 2.48. The Bertz CT molecular complexity index is 363. The molecule has 3 heteroatoms. The minimum atomic E-state index is 0.518. The lowest BCUT2D eigenvalue weighted by atomic mass is 10.2. The fourth-order valence-electron chi connectivity index (χ4n) is 1.83. The van der Waals surface area contributed by atoms with Gasteiger partial charge in [-0.25, -0.2) is 9.97 Å². The Morgan fingerprint density at radius 2 is 2.07 bits per heavy atom. The lowest BCUT2D eigenvalue weighted by Gasteiger charge is -2.13. The molecule has 1 aliphatic rings. The molecule has 0 aromatic carbocycles. The molecule has 1 aliphatic carbocycles. The maximum Gasteiger partial charge on any atom is 0.130 e. The number of aryl methyl sites for hydroxylation is 2. The van der Waals surface area contributed by atoms with Crippen LogP contribution in [-0.2, 0) is 6.42 Å². The van der Waals surface area contributed by atoms with E-state index in [9.17, 15) is 0 Å². The van der Waals surface area contributed by atoms with Gasteiger partial charge < -0.3 is 5.32 Å². The molecule has 15 heavy (non-hydrogen) atoms. The molecular weight excluding hydrogens is 186 g/mol. The van der Waals surface area contributed by atoms with E-state index in [0.717, 1.165) is 36.6 Å². The van der Waals surface area contributed by atoms with Gasteiger partial charge in [0.25, 0.3) is 0 Å². The summed E-state index contributed by atoms with van der Waals surface area (Å²) in [6.45, 7) is 4.06. The standard InChI is InChI=1S/C12H17N3/c1-3-10-8-12(14-9(2)13-10)15-11-6-4-5-7-11/h4-5,8,11H,3,6-7H2,1-2H3,(H,13,14,15). The van der Waals surface area contributed by atoms with Crippen molar-refractivity contribution in [3.05, 3.63) is 29.7 Å². The molecule has 0 bridgehead atoms. The van der Waals surface area contributed by atoms with Crippen molar-refractivity contribution in [1.29, 1.82) is 0 Å². The van der Waals surface area contributed by atoms with Crippen LogP contribution in [0.5, 0.6) is 0 Å². The number of nitrogens with zero attached hydrogens (tertiary/aromatic N) is 2. The number of hydrogen-bond acceptors (Lipinski definition) is 3. The molecule has 0 spiro atoms. The Morgan fingerprint density at radius 1 is 1.33 bits per heavy atom. The Labute approximate surface area is 90.6 Å². The van der Waals surface area contributed by atoms with E-state index >= 15 is 0 Å². The predicted molar refractivity (Wildman–Crippen MR) is 61.9 cm³/mol. The molecule has 80 valence electrons. The van der Waals surface area contributed by atoms with Crippen molar-refractivity contribution in [2.24, 2.45) is 0 Å². The summed E-state index contributed by atoms with van der Waals surface area (Å²) < 4.78 is 0. The van der Waals surface area contributed by atoms with Gasteiger partial charge in [-0.3, -0.25) is 0 Å². The zero-order valence-electron chi connectivity index (χ0n) is 9.33. The molecule has 1 aromatic heterocycles. The van der Waals surface area contributed by atoms with Gasteiger partial charge in [0.1, 0.15) is 11.6 Å². The molecule has 0 amide bonds. The Kier molecular flexibility index (Phi) is 2.99. The van der Waals surface area contributed by atoms with E-state index < -0.39 is 0 Å². The van der Waals surface area contributed by atoms with Gasteiger partial charge in [-0.15, -0.1) is 0 Å². The van der Waals surface area contributed by atoms with E-state index in [0.29, 0.717) is 6.04 Å². The minimum Gasteiger partial charge on any atom is -0.367 e. The highest BCUT2D eigenvalue weighted by Gasteiger charge is 2.10. The maximum atomic E-state index is 4.40. The summed E-state index contributed by atoms with van der Waals surface area (Å²) in [7, 11) is 0. The average Bonchev–Trinajstić information content (AvgIpc) is 2.69. The number of anilines is 1. The number of aromatic nitrogens is 2. The van der Waals surface area contributed by atoms with Gasteiger partial charge in [0.15, 0.2) is 0 Å². The second-order valence-electron chi connectivity index (χ2n) is 3.93. The quantitative estimate of drug-likeness (QED) is 0.767. The maximum absolute atomic E-state index is 4.40. The third kappa shape index (κ3) is 2.55. The lowest BCUT2D eigenvalue weighted by Crippen LogP contribution is -2.16. The molecule has 3 nitrogen and oxygen atoms in total. The van der Waals surface area contributed by atoms with Gasteiger partial charge >= 0.3 is 0 Å². The molecule has 1 N–H and O–H groups in total. The fraction of sp³-hybridized carbons (Fsp3) is 0.500. The van der Waals surface area contributed by atoms with Gasteiger partial charge in [0.05, 0.1) is 0 Å². The highest BCUT2D eigenvalue weighted by atomic mass is 15.0. The van der Waals surface area contributed by atoms with Gasteiger partial charge in [-0.05, 0) is 26.2 Å². The van der Waals surface area contributed by atoms with Crippen molar-refractivity contribution in [2.75, 3.05) is 5.32 Å². The molecule has 0 atom stereocenters. The summed E-state index contributed by atoms with van der Waals surface area (Å²) in [4.78, 5) is 8.76. The summed E-state index contributed by atoms with van der Waals surface area (Å²) >= 11 is 0. The summed E-state index contributed by atoms with van der Waals surface area (Å²) in [5.74, 6) is 1.82. The van der Waals surface area contributed by atoms with Crippen molar-refractivity contribution in [3.8, 4) is 0 Å². The molecule has 1 aromatic rings. The van der Waals surface area contributed by atoms with Crippen LogP contribution in [-0.4, -0.2) is 16.0 Å². The van der Waals surface area contributed by atoms with E-state index in [4.69, 9.17) is 0 Å². The second kappa shape index (κ2) is 4.43. The van der Waals surface area contributed by atoms with Crippen LogP contribution in [0.2, 0.25) is 0 Å². The van der Waals surface area contributed by atoms with Crippen molar-refractivity contribution in [2.45, 2.75) is 39.2 Å². The van der Waals surface area contributed by atoms with Crippen LogP contribution in [0.4, 0.5) is 5.82 Å². The van der Waals surface area contributed by atoms with E-state index in [1.54, 1.807) is 0 Å². The van der Waals surface area contributed by atoms with E-state index in [1.165, 1.54) is 0 Å². The molecule has 0 radical (unpaired) electrons. The highest BCUT2D eigenvalue weighted by molar-refractivity contribution is 5.38.